The van der Waals surface area contributed by atoms with E-state index in [9.17, 15) is 0 Å². The molecule has 108 valence electrons. The minimum absolute atomic E-state index is 0.0552. The van der Waals surface area contributed by atoms with Gasteiger partial charge in [-0.2, -0.15) is 0 Å². The van der Waals surface area contributed by atoms with Crippen LogP contribution in [0.3, 0.4) is 0 Å². The maximum atomic E-state index is 4.98. The molecule has 0 fully saturated rings. The first-order valence-corrected chi connectivity index (χ1v) is 7.61. The van der Waals surface area contributed by atoms with Crippen LogP contribution in [0.4, 0.5) is 0 Å². The Morgan fingerprint density at radius 1 is 1.05 bits per heavy atom. The van der Waals surface area contributed by atoms with Gasteiger partial charge in [0, 0.05) is 23.0 Å². The topological polar surface area (TPSA) is 25.2 Å². The minimum Gasteiger partial charge on any atom is -0.278 e. The maximum Gasteiger partial charge on any atom is 0.0743 e. The zero-order chi connectivity index (χ0) is 15.0. The van der Waals surface area contributed by atoms with Crippen molar-refractivity contribution in [2.24, 2.45) is 4.99 Å². The number of aromatic nitrogens is 1. The Hall–Kier alpha value is -1.96. The minimum atomic E-state index is -0.0552. The van der Waals surface area contributed by atoms with Crippen LogP contribution < -0.4 is 0 Å². The fourth-order valence-corrected chi connectivity index (χ4v) is 2.88. The van der Waals surface area contributed by atoms with Gasteiger partial charge < -0.3 is 0 Å². The summed E-state index contributed by atoms with van der Waals surface area (Å²) in [6, 6.07) is 12.8. The Bertz CT molecular complexity index is 679. The lowest BCUT2D eigenvalue weighted by Crippen LogP contribution is -2.29. The molecule has 0 amide bonds. The molecule has 0 bridgehead atoms. The summed E-state index contributed by atoms with van der Waals surface area (Å²) in [5, 5.41) is 0. The van der Waals surface area contributed by atoms with E-state index in [4.69, 9.17) is 4.99 Å². The smallest absolute Gasteiger partial charge is 0.0743 e. The average Bonchev–Trinajstić information content (AvgIpc) is 2.45. The largest absolute Gasteiger partial charge is 0.278 e. The SMILES string of the molecule is CC(C)c1ccc(C2=NC(C)(C)Cc3ccccc32)cn1. The van der Waals surface area contributed by atoms with E-state index in [1.54, 1.807) is 0 Å². The van der Waals surface area contributed by atoms with Crippen LogP contribution in [-0.4, -0.2) is 16.2 Å². The summed E-state index contributed by atoms with van der Waals surface area (Å²) in [6.45, 7) is 8.72. The second-order valence-corrected chi connectivity index (χ2v) is 6.73. The van der Waals surface area contributed by atoms with Crippen molar-refractivity contribution in [1.82, 2.24) is 4.98 Å². The molecule has 1 aliphatic rings. The summed E-state index contributed by atoms with van der Waals surface area (Å²) in [5.41, 5.74) is 5.88. The number of aliphatic imine (C=N–C) groups is 1. The molecular formula is C19H22N2. The van der Waals surface area contributed by atoms with Gasteiger partial charge in [-0.05, 0) is 43.9 Å². The number of fused-ring (bicyclic) bond motifs is 1. The fourth-order valence-electron chi connectivity index (χ4n) is 2.88. The van der Waals surface area contributed by atoms with Gasteiger partial charge in [0.15, 0.2) is 0 Å². The molecule has 2 aromatic rings. The normalized spacial score (nSPS) is 16.5. The molecule has 0 N–H and O–H groups in total. The standard InChI is InChI=1S/C19H22N2/c1-13(2)17-10-9-15(12-20-17)18-16-8-6-5-7-14(16)11-19(3,4)21-18/h5-10,12-13H,11H2,1-4H3. The van der Waals surface area contributed by atoms with E-state index in [1.807, 2.05) is 6.20 Å². The van der Waals surface area contributed by atoms with Gasteiger partial charge in [-0.25, -0.2) is 0 Å². The van der Waals surface area contributed by atoms with Gasteiger partial charge >= 0.3 is 0 Å². The average molecular weight is 278 g/mol. The third kappa shape index (κ3) is 2.76. The number of hydrogen-bond donors (Lipinski definition) is 0. The first-order valence-electron chi connectivity index (χ1n) is 7.61. The van der Waals surface area contributed by atoms with Gasteiger partial charge in [-0.3, -0.25) is 9.98 Å². The van der Waals surface area contributed by atoms with Gasteiger partial charge in [0.25, 0.3) is 0 Å². The van der Waals surface area contributed by atoms with Crippen molar-refractivity contribution in [2.75, 3.05) is 0 Å². The highest BCUT2D eigenvalue weighted by Gasteiger charge is 2.27. The molecule has 0 saturated carbocycles. The van der Waals surface area contributed by atoms with Crippen molar-refractivity contribution in [2.45, 2.75) is 45.6 Å². The van der Waals surface area contributed by atoms with Crippen molar-refractivity contribution < 1.29 is 0 Å². The van der Waals surface area contributed by atoms with E-state index in [-0.39, 0.29) is 5.54 Å². The van der Waals surface area contributed by atoms with Crippen LogP contribution in [0.15, 0.2) is 47.6 Å². The van der Waals surface area contributed by atoms with Gasteiger partial charge in [0.1, 0.15) is 0 Å². The molecule has 0 aliphatic carbocycles. The number of benzene rings is 1. The molecule has 21 heavy (non-hydrogen) atoms. The first kappa shape index (κ1) is 14.0. The lowest BCUT2D eigenvalue weighted by atomic mass is 9.85. The monoisotopic (exact) mass is 278 g/mol. The lowest BCUT2D eigenvalue weighted by molar-refractivity contribution is 0.513. The Kier molecular flexibility index (Phi) is 3.40. The molecule has 0 radical (unpaired) electrons. The Balaban J connectivity index is 2.09. The molecule has 2 nitrogen and oxygen atoms in total. The molecule has 2 heterocycles. The van der Waals surface area contributed by atoms with Crippen molar-refractivity contribution in [3.05, 3.63) is 65.0 Å². The van der Waals surface area contributed by atoms with E-state index in [1.165, 1.54) is 11.1 Å². The van der Waals surface area contributed by atoms with Crippen LogP contribution in [0.5, 0.6) is 0 Å². The van der Waals surface area contributed by atoms with Gasteiger partial charge in [0.2, 0.25) is 0 Å². The van der Waals surface area contributed by atoms with Crippen molar-refractivity contribution >= 4 is 5.71 Å². The van der Waals surface area contributed by atoms with Crippen molar-refractivity contribution in [1.29, 1.82) is 0 Å². The molecule has 3 rings (SSSR count). The van der Waals surface area contributed by atoms with Crippen LogP contribution in [0.2, 0.25) is 0 Å². The number of hydrogen-bond acceptors (Lipinski definition) is 2. The molecule has 1 aromatic carbocycles. The molecule has 1 aromatic heterocycles. The van der Waals surface area contributed by atoms with E-state index in [0.29, 0.717) is 5.92 Å². The zero-order valence-corrected chi connectivity index (χ0v) is 13.2. The molecular weight excluding hydrogens is 256 g/mol. The second kappa shape index (κ2) is 5.10. The second-order valence-electron chi connectivity index (χ2n) is 6.73. The van der Waals surface area contributed by atoms with Crippen LogP contribution in [0, 0.1) is 0 Å². The number of pyridine rings is 1. The lowest BCUT2D eigenvalue weighted by Gasteiger charge is -2.29. The van der Waals surface area contributed by atoms with Crippen LogP contribution >= 0.6 is 0 Å². The summed E-state index contributed by atoms with van der Waals surface area (Å²) in [4.78, 5) is 9.57. The Morgan fingerprint density at radius 2 is 1.81 bits per heavy atom. The van der Waals surface area contributed by atoms with Gasteiger partial charge in [-0.1, -0.05) is 38.1 Å². The summed E-state index contributed by atoms with van der Waals surface area (Å²) >= 11 is 0. The van der Waals surface area contributed by atoms with E-state index < -0.39 is 0 Å². The summed E-state index contributed by atoms with van der Waals surface area (Å²) in [7, 11) is 0. The van der Waals surface area contributed by atoms with E-state index in [0.717, 1.165) is 23.4 Å². The summed E-state index contributed by atoms with van der Waals surface area (Å²) in [6.07, 6.45) is 2.95. The number of rotatable bonds is 2. The third-order valence-electron chi connectivity index (χ3n) is 3.96. The Morgan fingerprint density at radius 3 is 2.48 bits per heavy atom. The van der Waals surface area contributed by atoms with Gasteiger partial charge in [0.05, 0.1) is 11.3 Å². The molecule has 1 aliphatic heterocycles. The highest BCUT2D eigenvalue weighted by atomic mass is 14.9. The van der Waals surface area contributed by atoms with Crippen LogP contribution in [0.25, 0.3) is 0 Å². The maximum absolute atomic E-state index is 4.98. The fraction of sp³-hybridized carbons (Fsp3) is 0.368. The van der Waals surface area contributed by atoms with E-state index in [2.05, 4.69) is 69.1 Å². The summed E-state index contributed by atoms with van der Waals surface area (Å²) in [5.74, 6) is 0.455. The van der Waals surface area contributed by atoms with Crippen LogP contribution in [-0.2, 0) is 6.42 Å². The predicted molar refractivity (Wildman–Crippen MR) is 88.2 cm³/mol. The quantitative estimate of drug-likeness (QED) is 0.800. The molecule has 0 spiro atoms. The van der Waals surface area contributed by atoms with E-state index >= 15 is 0 Å². The third-order valence-corrected chi connectivity index (χ3v) is 3.96. The van der Waals surface area contributed by atoms with Crippen molar-refractivity contribution in [3.8, 4) is 0 Å². The zero-order valence-electron chi connectivity index (χ0n) is 13.2. The van der Waals surface area contributed by atoms with Gasteiger partial charge in [-0.15, -0.1) is 0 Å². The first-order chi connectivity index (χ1) is 9.96. The predicted octanol–water partition coefficient (Wildman–Crippen LogP) is 4.38. The van der Waals surface area contributed by atoms with Crippen LogP contribution in [0.1, 0.15) is 56.0 Å². The number of nitrogens with zero attached hydrogens (tertiary/aromatic N) is 2. The highest BCUT2D eigenvalue weighted by molar-refractivity contribution is 6.14. The Labute approximate surface area is 127 Å². The molecule has 0 saturated heterocycles. The molecule has 0 atom stereocenters. The summed E-state index contributed by atoms with van der Waals surface area (Å²) < 4.78 is 0. The molecule has 0 unspecified atom stereocenters. The molecule has 2 heteroatoms. The van der Waals surface area contributed by atoms with Crippen molar-refractivity contribution in [3.63, 3.8) is 0 Å². The highest BCUT2D eigenvalue weighted by Crippen LogP contribution is 2.29.